The zero-order valence-electron chi connectivity index (χ0n) is 15.8. The predicted molar refractivity (Wildman–Crippen MR) is 105 cm³/mol. The summed E-state index contributed by atoms with van der Waals surface area (Å²) >= 11 is 1.44. The number of hydrogen-bond acceptors (Lipinski definition) is 8. The molecule has 0 bridgehead atoms. The van der Waals surface area contributed by atoms with Gasteiger partial charge < -0.3 is 24.1 Å². The highest BCUT2D eigenvalue weighted by Gasteiger charge is 2.28. The molecule has 0 unspecified atom stereocenters. The number of ether oxygens (including phenoxy) is 1. The van der Waals surface area contributed by atoms with E-state index in [4.69, 9.17) is 19.5 Å². The Morgan fingerprint density at radius 2 is 1.88 bits per heavy atom. The fraction of sp³-hybridized carbons (Fsp3) is 0.625. The fourth-order valence-corrected chi connectivity index (χ4v) is 4.58. The van der Waals surface area contributed by atoms with Crippen molar-refractivity contribution in [3.05, 3.63) is 12.3 Å². The van der Waals surface area contributed by atoms with E-state index in [1.807, 2.05) is 50.8 Å². The lowest BCUT2D eigenvalue weighted by Crippen LogP contribution is -2.13. The van der Waals surface area contributed by atoms with Crippen LogP contribution in [0.3, 0.4) is 0 Å². The molecule has 0 aliphatic heterocycles. The Balaban J connectivity index is 1.99. The normalized spacial score (nSPS) is 12.6. The molecular weight excluding hydrogens is 375 g/mol. The van der Waals surface area contributed by atoms with Crippen molar-refractivity contribution in [3.63, 3.8) is 0 Å². The Hall–Kier alpha value is -1.12. The summed E-state index contributed by atoms with van der Waals surface area (Å²) in [4.78, 5) is 8.73. The van der Waals surface area contributed by atoms with Gasteiger partial charge in [-0.2, -0.15) is 0 Å². The first-order valence-electron chi connectivity index (χ1n) is 8.44. The average molecular weight is 402 g/mol. The molecule has 0 saturated carbocycles. The van der Waals surface area contributed by atoms with Crippen molar-refractivity contribution in [1.82, 2.24) is 14.5 Å². The molecule has 2 aromatic heterocycles. The monoisotopic (exact) mass is 402 g/mol. The van der Waals surface area contributed by atoms with Crippen LogP contribution in [0.15, 0.2) is 17.4 Å². The second kappa shape index (κ2) is 9.19. The molecule has 2 heterocycles. The topological polar surface area (TPSA) is 101 Å². The average Bonchev–Trinajstić information content (AvgIpc) is 2.93. The van der Waals surface area contributed by atoms with Gasteiger partial charge in [-0.15, -0.1) is 0 Å². The van der Waals surface area contributed by atoms with Crippen molar-refractivity contribution in [2.45, 2.75) is 51.6 Å². The van der Waals surface area contributed by atoms with E-state index in [2.05, 4.69) is 9.97 Å². The molecule has 0 aliphatic rings. The van der Waals surface area contributed by atoms with Gasteiger partial charge in [-0.05, 0) is 40.0 Å². The number of anilines is 1. The van der Waals surface area contributed by atoms with Crippen LogP contribution in [0.25, 0.3) is 11.0 Å². The molecule has 0 saturated heterocycles. The summed E-state index contributed by atoms with van der Waals surface area (Å²) in [6.45, 7) is 8.14. The van der Waals surface area contributed by atoms with Crippen molar-refractivity contribution in [2.75, 3.05) is 24.9 Å². The Morgan fingerprint density at radius 3 is 2.46 bits per heavy atom. The molecule has 0 aliphatic carbocycles. The Kier molecular flexibility index (Phi) is 7.49. The third-order valence-electron chi connectivity index (χ3n) is 3.28. The van der Waals surface area contributed by atoms with Crippen LogP contribution in [0, 0.1) is 0 Å². The summed E-state index contributed by atoms with van der Waals surface area (Å²) in [7, 11) is -3.29. The maximum atomic E-state index is 12.7. The van der Waals surface area contributed by atoms with Gasteiger partial charge in [0.25, 0.3) is 0 Å². The van der Waals surface area contributed by atoms with Gasteiger partial charge in [0.2, 0.25) is 0 Å². The summed E-state index contributed by atoms with van der Waals surface area (Å²) in [5.41, 5.74) is 6.73. The molecule has 0 radical (unpaired) electrons. The first kappa shape index (κ1) is 21.2. The number of thioether (sulfide) groups is 1. The maximum absolute atomic E-state index is 12.7. The summed E-state index contributed by atoms with van der Waals surface area (Å²) in [5, 5.41) is 1.43. The molecule has 26 heavy (non-hydrogen) atoms. The first-order valence-corrected chi connectivity index (χ1v) is 11.4. The zero-order chi connectivity index (χ0) is 19.3. The van der Waals surface area contributed by atoms with Gasteiger partial charge >= 0.3 is 7.60 Å². The highest BCUT2D eigenvalue weighted by Crippen LogP contribution is 2.50. The van der Waals surface area contributed by atoms with Crippen LogP contribution < -0.4 is 5.73 Å². The molecule has 146 valence electrons. The van der Waals surface area contributed by atoms with Crippen LogP contribution >= 0.6 is 19.4 Å². The highest BCUT2D eigenvalue weighted by atomic mass is 32.2. The van der Waals surface area contributed by atoms with E-state index in [-0.39, 0.29) is 18.6 Å². The molecule has 0 amide bonds. The summed E-state index contributed by atoms with van der Waals surface area (Å²) in [6, 6.07) is 1.88. The standard InChI is InChI=1S/C16H27N4O4PS/c1-11(2)23-25(21,24-12(3)4)10-22-9-8-20-7-6-13-14(17)18-16(26-5)19-15(13)20/h6-7,11-12H,8-10H2,1-5H3,(H2,17,18,19). The smallest absolute Gasteiger partial charge is 0.356 e. The van der Waals surface area contributed by atoms with Gasteiger partial charge in [0.15, 0.2) is 5.16 Å². The molecule has 0 atom stereocenters. The molecule has 0 spiro atoms. The third-order valence-corrected chi connectivity index (χ3v) is 5.81. The van der Waals surface area contributed by atoms with E-state index < -0.39 is 7.60 Å². The Morgan fingerprint density at radius 1 is 1.23 bits per heavy atom. The highest BCUT2D eigenvalue weighted by molar-refractivity contribution is 7.98. The summed E-state index contributed by atoms with van der Waals surface area (Å²) < 4.78 is 31.2. The van der Waals surface area contributed by atoms with Crippen LogP contribution in [0.1, 0.15) is 27.7 Å². The van der Waals surface area contributed by atoms with Crippen molar-refractivity contribution >= 4 is 36.2 Å². The minimum absolute atomic E-state index is 0.0876. The van der Waals surface area contributed by atoms with Crippen LogP contribution in [-0.2, 0) is 24.9 Å². The SMILES string of the molecule is CSc1nc(N)c2ccn(CCOCP(=O)(OC(C)C)OC(C)C)c2n1. The van der Waals surface area contributed by atoms with Gasteiger partial charge in [-0.1, -0.05) is 11.8 Å². The number of nitrogens with zero attached hydrogens (tertiary/aromatic N) is 3. The fourth-order valence-electron chi connectivity index (χ4n) is 2.41. The van der Waals surface area contributed by atoms with Crippen LogP contribution in [0.4, 0.5) is 5.82 Å². The van der Waals surface area contributed by atoms with Gasteiger partial charge in [0.1, 0.15) is 17.8 Å². The number of nitrogen functional groups attached to an aromatic ring is 1. The van der Waals surface area contributed by atoms with E-state index in [1.165, 1.54) is 11.8 Å². The molecule has 0 fully saturated rings. The predicted octanol–water partition coefficient (Wildman–Crippen LogP) is 3.75. The molecule has 2 N–H and O–H groups in total. The Bertz CT molecular complexity index is 767. The van der Waals surface area contributed by atoms with Crippen molar-refractivity contribution in [3.8, 4) is 0 Å². The lowest BCUT2D eigenvalue weighted by molar-refractivity contribution is 0.0961. The largest absolute Gasteiger partial charge is 0.383 e. The maximum Gasteiger partial charge on any atom is 0.356 e. The van der Waals surface area contributed by atoms with Gasteiger partial charge in [-0.3, -0.25) is 4.57 Å². The number of nitrogens with two attached hydrogens (primary N) is 1. The quantitative estimate of drug-likeness (QED) is 0.277. The second-order valence-corrected chi connectivity index (χ2v) is 8.97. The minimum Gasteiger partial charge on any atom is -0.383 e. The van der Waals surface area contributed by atoms with Gasteiger partial charge in [0.05, 0.1) is 24.2 Å². The van der Waals surface area contributed by atoms with E-state index in [1.54, 1.807) is 0 Å². The minimum atomic E-state index is -3.29. The van der Waals surface area contributed by atoms with Crippen LogP contribution in [-0.4, -0.2) is 46.0 Å². The molecule has 10 heteroatoms. The lowest BCUT2D eigenvalue weighted by atomic mass is 10.4. The van der Waals surface area contributed by atoms with Crippen molar-refractivity contribution < 1.29 is 18.3 Å². The molecule has 2 rings (SSSR count). The van der Waals surface area contributed by atoms with Crippen molar-refractivity contribution in [1.29, 1.82) is 0 Å². The first-order chi connectivity index (χ1) is 12.2. The lowest BCUT2D eigenvalue weighted by Gasteiger charge is -2.22. The van der Waals surface area contributed by atoms with Crippen molar-refractivity contribution in [2.24, 2.45) is 0 Å². The van der Waals surface area contributed by atoms with E-state index in [0.29, 0.717) is 24.1 Å². The number of aromatic nitrogens is 3. The van der Waals surface area contributed by atoms with Gasteiger partial charge in [0, 0.05) is 12.7 Å². The van der Waals surface area contributed by atoms with Crippen LogP contribution in [0.5, 0.6) is 0 Å². The zero-order valence-corrected chi connectivity index (χ0v) is 17.5. The Labute approximate surface area is 158 Å². The molecule has 0 aromatic carbocycles. The van der Waals surface area contributed by atoms with E-state index in [0.717, 1.165) is 11.0 Å². The molecular formula is C16H27N4O4PS. The number of rotatable bonds is 10. The molecule has 8 nitrogen and oxygen atoms in total. The van der Waals surface area contributed by atoms with Gasteiger partial charge in [-0.25, -0.2) is 9.97 Å². The van der Waals surface area contributed by atoms with E-state index >= 15 is 0 Å². The van der Waals surface area contributed by atoms with E-state index in [9.17, 15) is 4.57 Å². The third kappa shape index (κ3) is 5.69. The summed E-state index contributed by atoms with van der Waals surface area (Å²) in [6.07, 6.45) is 3.29. The molecule has 2 aromatic rings. The number of fused-ring (bicyclic) bond motifs is 1. The second-order valence-electron chi connectivity index (χ2n) is 6.30. The van der Waals surface area contributed by atoms with Crippen LogP contribution in [0.2, 0.25) is 0 Å². The summed E-state index contributed by atoms with van der Waals surface area (Å²) in [5.74, 6) is 0.458. The number of hydrogen-bond donors (Lipinski definition) is 1.